The van der Waals surface area contributed by atoms with Crippen molar-refractivity contribution in [3.8, 4) is 0 Å². The van der Waals surface area contributed by atoms with Gasteiger partial charge in [0, 0.05) is 30.3 Å². The van der Waals surface area contributed by atoms with Gasteiger partial charge >= 0.3 is 0 Å². The zero-order valence-corrected chi connectivity index (χ0v) is 17.2. The summed E-state index contributed by atoms with van der Waals surface area (Å²) in [6.45, 7) is 5.47. The molecule has 148 valence electrons. The van der Waals surface area contributed by atoms with Crippen LogP contribution in [0.3, 0.4) is 0 Å². The number of amides is 1. The highest BCUT2D eigenvalue weighted by Gasteiger charge is 2.46. The van der Waals surface area contributed by atoms with E-state index in [1.807, 2.05) is 0 Å². The van der Waals surface area contributed by atoms with Crippen molar-refractivity contribution in [2.45, 2.75) is 44.6 Å². The van der Waals surface area contributed by atoms with E-state index in [-0.39, 0.29) is 17.4 Å². The van der Waals surface area contributed by atoms with E-state index in [0.717, 1.165) is 69.2 Å². The van der Waals surface area contributed by atoms with E-state index >= 15 is 0 Å². The van der Waals surface area contributed by atoms with Crippen LogP contribution in [0.4, 0.5) is 5.13 Å². The lowest BCUT2D eigenvalue weighted by atomic mass is 9.89. The van der Waals surface area contributed by atoms with Crippen LogP contribution in [0.5, 0.6) is 0 Å². The van der Waals surface area contributed by atoms with E-state index < -0.39 is 0 Å². The standard InChI is InChI=1S/C22H27N3O2S/c1-15-2-5-17(6-3-15)22(8-9-22)24-20(26)16-4-7-19-18(14-16)23-21(28-19)25-10-12-27-13-11-25/h2-3,5-6,16H,4,7-14H2,1H3,(H,24,26). The highest BCUT2D eigenvalue weighted by Crippen LogP contribution is 2.46. The highest BCUT2D eigenvalue weighted by molar-refractivity contribution is 7.15. The normalized spacial score (nSPS) is 23.2. The summed E-state index contributed by atoms with van der Waals surface area (Å²) in [6.07, 6.45) is 4.74. The number of aromatic nitrogens is 1. The van der Waals surface area contributed by atoms with Gasteiger partial charge < -0.3 is 15.0 Å². The number of hydrogen-bond donors (Lipinski definition) is 1. The Labute approximate surface area is 170 Å². The fraction of sp³-hybridized carbons (Fsp3) is 0.545. The molecule has 1 aromatic carbocycles. The fourth-order valence-corrected chi connectivity index (χ4v) is 5.45. The number of rotatable bonds is 4. The number of carbonyl (C=O) groups is 1. The van der Waals surface area contributed by atoms with Crippen molar-refractivity contribution in [2.75, 3.05) is 31.2 Å². The lowest BCUT2D eigenvalue weighted by Gasteiger charge is -2.26. The van der Waals surface area contributed by atoms with Crippen LogP contribution in [0.1, 0.15) is 41.0 Å². The summed E-state index contributed by atoms with van der Waals surface area (Å²) in [7, 11) is 0. The van der Waals surface area contributed by atoms with Crippen molar-refractivity contribution in [2.24, 2.45) is 5.92 Å². The van der Waals surface area contributed by atoms with E-state index in [9.17, 15) is 4.79 Å². The number of benzene rings is 1. The zero-order valence-electron chi connectivity index (χ0n) is 16.4. The summed E-state index contributed by atoms with van der Waals surface area (Å²) in [4.78, 5) is 21.6. The molecule has 28 heavy (non-hydrogen) atoms. The van der Waals surface area contributed by atoms with Gasteiger partial charge in [-0.25, -0.2) is 4.98 Å². The number of aryl methyl sites for hydroxylation is 2. The largest absolute Gasteiger partial charge is 0.378 e. The van der Waals surface area contributed by atoms with Crippen molar-refractivity contribution in [1.29, 1.82) is 0 Å². The minimum absolute atomic E-state index is 0.0371. The van der Waals surface area contributed by atoms with Crippen molar-refractivity contribution < 1.29 is 9.53 Å². The van der Waals surface area contributed by atoms with Gasteiger partial charge in [-0.3, -0.25) is 4.79 Å². The molecule has 6 heteroatoms. The van der Waals surface area contributed by atoms with Crippen LogP contribution >= 0.6 is 11.3 Å². The van der Waals surface area contributed by atoms with Gasteiger partial charge in [-0.15, -0.1) is 11.3 Å². The number of hydrogen-bond acceptors (Lipinski definition) is 5. The number of thiazole rings is 1. The minimum Gasteiger partial charge on any atom is -0.378 e. The number of nitrogens with one attached hydrogen (secondary N) is 1. The van der Waals surface area contributed by atoms with Crippen LogP contribution < -0.4 is 10.2 Å². The third-order valence-electron chi connectivity index (χ3n) is 6.30. The van der Waals surface area contributed by atoms with Gasteiger partial charge in [0.15, 0.2) is 5.13 Å². The number of nitrogens with zero attached hydrogens (tertiary/aromatic N) is 2. The van der Waals surface area contributed by atoms with Crippen LogP contribution in [0.2, 0.25) is 0 Å². The van der Waals surface area contributed by atoms with E-state index in [4.69, 9.17) is 9.72 Å². The van der Waals surface area contributed by atoms with Crippen molar-refractivity contribution in [3.05, 3.63) is 46.0 Å². The molecule has 3 aliphatic rings. The molecule has 5 rings (SSSR count). The van der Waals surface area contributed by atoms with Crippen molar-refractivity contribution in [3.63, 3.8) is 0 Å². The van der Waals surface area contributed by atoms with Crippen LogP contribution in [0.25, 0.3) is 0 Å². The molecule has 1 saturated carbocycles. The molecule has 1 unspecified atom stereocenters. The van der Waals surface area contributed by atoms with E-state index in [2.05, 4.69) is 41.4 Å². The van der Waals surface area contributed by atoms with Crippen molar-refractivity contribution >= 4 is 22.4 Å². The first-order valence-electron chi connectivity index (χ1n) is 10.3. The third-order valence-corrected chi connectivity index (χ3v) is 7.51. The Morgan fingerprint density at radius 1 is 1.25 bits per heavy atom. The number of anilines is 1. The molecular weight excluding hydrogens is 370 g/mol. The maximum absolute atomic E-state index is 13.0. The Kier molecular flexibility index (Phi) is 4.63. The molecule has 0 spiro atoms. The Morgan fingerprint density at radius 2 is 2.00 bits per heavy atom. The SMILES string of the molecule is Cc1ccc(C2(NC(=O)C3CCc4sc(N5CCOCC5)nc4C3)CC2)cc1. The third kappa shape index (κ3) is 3.44. The number of ether oxygens (including phenoxy) is 1. The molecule has 1 aromatic heterocycles. The predicted molar refractivity (Wildman–Crippen MR) is 111 cm³/mol. The number of fused-ring (bicyclic) bond motifs is 1. The monoisotopic (exact) mass is 397 g/mol. The van der Waals surface area contributed by atoms with Crippen molar-refractivity contribution in [1.82, 2.24) is 10.3 Å². The molecule has 5 nitrogen and oxygen atoms in total. The summed E-state index contributed by atoms with van der Waals surface area (Å²) in [6, 6.07) is 8.60. The van der Waals surface area contributed by atoms with Crippen LogP contribution in [-0.4, -0.2) is 37.2 Å². The van der Waals surface area contributed by atoms with Gasteiger partial charge in [-0.2, -0.15) is 0 Å². The second kappa shape index (κ2) is 7.16. The van der Waals surface area contributed by atoms with Crippen LogP contribution in [0, 0.1) is 12.8 Å². The summed E-state index contributed by atoms with van der Waals surface area (Å²) < 4.78 is 5.45. The Hall–Kier alpha value is -1.92. The maximum atomic E-state index is 13.0. The number of carbonyl (C=O) groups excluding carboxylic acids is 1. The molecule has 0 radical (unpaired) electrons. The second-order valence-corrected chi connectivity index (χ2v) is 9.40. The molecule has 0 bridgehead atoms. The first kappa shape index (κ1) is 18.1. The summed E-state index contributed by atoms with van der Waals surface area (Å²) in [5.74, 6) is 0.236. The van der Waals surface area contributed by atoms with Gasteiger partial charge in [0.05, 0.1) is 24.4 Å². The van der Waals surface area contributed by atoms with Crippen LogP contribution in [0.15, 0.2) is 24.3 Å². The van der Waals surface area contributed by atoms with E-state index in [1.54, 1.807) is 11.3 Å². The van der Waals surface area contributed by atoms with Crippen LogP contribution in [-0.2, 0) is 27.9 Å². The summed E-state index contributed by atoms with van der Waals surface area (Å²) >= 11 is 1.81. The number of morpholine rings is 1. The predicted octanol–water partition coefficient (Wildman–Crippen LogP) is 3.20. The van der Waals surface area contributed by atoms with Gasteiger partial charge in [-0.05, 0) is 38.2 Å². The first-order chi connectivity index (χ1) is 13.6. The Bertz CT molecular complexity index is 866. The molecule has 2 fully saturated rings. The molecule has 2 heterocycles. The van der Waals surface area contributed by atoms with Gasteiger partial charge in [-0.1, -0.05) is 29.8 Å². The topological polar surface area (TPSA) is 54.5 Å². The van der Waals surface area contributed by atoms with Gasteiger partial charge in [0.2, 0.25) is 5.91 Å². The Balaban J connectivity index is 1.26. The molecule has 2 aromatic rings. The van der Waals surface area contributed by atoms with E-state index in [0.29, 0.717) is 0 Å². The quantitative estimate of drug-likeness (QED) is 0.861. The second-order valence-electron chi connectivity index (χ2n) is 8.34. The molecule has 1 aliphatic heterocycles. The molecule has 1 amide bonds. The average Bonchev–Trinajstić information content (AvgIpc) is 3.37. The highest BCUT2D eigenvalue weighted by atomic mass is 32.1. The van der Waals surface area contributed by atoms with Gasteiger partial charge in [0.1, 0.15) is 0 Å². The summed E-state index contributed by atoms with van der Waals surface area (Å²) in [5.41, 5.74) is 3.50. The zero-order chi connectivity index (χ0) is 19.1. The first-order valence-corrected chi connectivity index (χ1v) is 11.2. The van der Waals surface area contributed by atoms with Gasteiger partial charge in [0.25, 0.3) is 0 Å². The smallest absolute Gasteiger partial charge is 0.224 e. The average molecular weight is 398 g/mol. The molecular formula is C22H27N3O2S. The molecule has 1 N–H and O–H groups in total. The molecule has 1 saturated heterocycles. The molecule has 1 atom stereocenters. The summed E-state index contributed by atoms with van der Waals surface area (Å²) in [5, 5.41) is 4.49. The molecule has 2 aliphatic carbocycles. The lowest BCUT2D eigenvalue weighted by Crippen LogP contribution is -2.40. The lowest BCUT2D eigenvalue weighted by molar-refractivity contribution is -0.126. The maximum Gasteiger partial charge on any atom is 0.224 e. The fourth-order valence-electron chi connectivity index (χ4n) is 4.30. The van der Waals surface area contributed by atoms with E-state index in [1.165, 1.54) is 16.0 Å². The Morgan fingerprint density at radius 3 is 2.71 bits per heavy atom. The minimum atomic E-state index is -0.133.